The average molecular weight is 390 g/mol. The van der Waals surface area contributed by atoms with Crippen molar-refractivity contribution in [3.63, 3.8) is 0 Å². The van der Waals surface area contributed by atoms with Gasteiger partial charge in [0.2, 0.25) is 0 Å². The molecule has 3 aromatic rings. The van der Waals surface area contributed by atoms with Crippen molar-refractivity contribution in [1.29, 1.82) is 0 Å². The van der Waals surface area contributed by atoms with Crippen LogP contribution in [-0.2, 0) is 23.0 Å². The van der Waals surface area contributed by atoms with Gasteiger partial charge in [-0.15, -0.1) is 12.4 Å². The lowest BCUT2D eigenvalue weighted by atomic mass is 10.0. The predicted octanol–water partition coefficient (Wildman–Crippen LogP) is 3.41. The third kappa shape index (κ3) is 3.53. The van der Waals surface area contributed by atoms with E-state index in [-0.39, 0.29) is 17.3 Å². The molecule has 136 valence electrons. The Balaban J connectivity index is 0.00000196. The van der Waals surface area contributed by atoms with Crippen LogP contribution in [-0.4, -0.2) is 19.9 Å². The fourth-order valence-electron chi connectivity index (χ4n) is 3.21. The topological polar surface area (TPSA) is 71.1 Å². The van der Waals surface area contributed by atoms with Crippen LogP contribution in [0.5, 0.6) is 0 Å². The van der Waals surface area contributed by atoms with E-state index in [1.807, 2.05) is 37.3 Å². The molecule has 0 aliphatic carbocycles. The molecule has 5 nitrogen and oxygen atoms in total. The van der Waals surface area contributed by atoms with E-state index in [2.05, 4.69) is 15.0 Å². The van der Waals surface area contributed by atoms with E-state index in [0.717, 1.165) is 36.0 Å². The van der Waals surface area contributed by atoms with Gasteiger partial charge in [0, 0.05) is 23.8 Å². The Kier molecular flexibility index (Phi) is 5.18. The Morgan fingerprint density at radius 2 is 1.96 bits per heavy atom. The maximum absolute atomic E-state index is 12.9. The number of aromatic nitrogens is 1. The van der Waals surface area contributed by atoms with Crippen molar-refractivity contribution in [3.05, 3.63) is 65.4 Å². The Hall–Kier alpha value is -2.15. The van der Waals surface area contributed by atoms with Gasteiger partial charge in [-0.1, -0.05) is 18.2 Å². The number of halogens is 1. The van der Waals surface area contributed by atoms with Crippen LogP contribution >= 0.6 is 12.4 Å². The predicted molar refractivity (Wildman–Crippen MR) is 106 cm³/mol. The molecule has 1 aromatic heterocycles. The van der Waals surface area contributed by atoms with Crippen LogP contribution in [0, 0.1) is 6.92 Å². The fourth-order valence-corrected chi connectivity index (χ4v) is 4.44. The normalized spacial score (nSPS) is 13.7. The van der Waals surface area contributed by atoms with Gasteiger partial charge in [0.15, 0.2) is 0 Å². The lowest BCUT2D eigenvalue weighted by molar-refractivity contribution is 0.602. The summed E-state index contributed by atoms with van der Waals surface area (Å²) in [5.41, 5.74) is 4.46. The number of aryl methyl sites for hydroxylation is 1. The second kappa shape index (κ2) is 7.23. The molecule has 0 amide bonds. The largest absolute Gasteiger partial charge is 0.312 e. The highest BCUT2D eigenvalue weighted by atomic mass is 35.5. The van der Waals surface area contributed by atoms with Gasteiger partial charge in [-0.25, -0.2) is 8.42 Å². The van der Waals surface area contributed by atoms with Gasteiger partial charge in [-0.05, 0) is 60.8 Å². The molecule has 26 heavy (non-hydrogen) atoms. The number of hydrogen-bond donors (Lipinski definition) is 2. The zero-order valence-electron chi connectivity index (χ0n) is 14.3. The SMILES string of the molecule is Cc1cnc2c(S(=O)(=O)Nc3ccc4c(c3)CNCC4)cccc2c1.Cl. The van der Waals surface area contributed by atoms with E-state index >= 15 is 0 Å². The van der Waals surface area contributed by atoms with Gasteiger partial charge < -0.3 is 5.32 Å². The molecule has 4 rings (SSSR count). The van der Waals surface area contributed by atoms with E-state index in [4.69, 9.17) is 0 Å². The van der Waals surface area contributed by atoms with Crippen molar-refractivity contribution in [2.45, 2.75) is 24.8 Å². The molecule has 0 fully saturated rings. The molecular formula is C19H20ClN3O2S. The number of nitrogens with one attached hydrogen (secondary N) is 2. The summed E-state index contributed by atoms with van der Waals surface area (Å²) in [5, 5.41) is 4.12. The molecule has 0 bridgehead atoms. The number of benzene rings is 2. The summed E-state index contributed by atoms with van der Waals surface area (Å²) in [7, 11) is -3.71. The zero-order valence-corrected chi connectivity index (χ0v) is 16.0. The average Bonchev–Trinajstić information content (AvgIpc) is 2.60. The van der Waals surface area contributed by atoms with Crippen molar-refractivity contribution in [2.24, 2.45) is 0 Å². The minimum absolute atomic E-state index is 0. The minimum Gasteiger partial charge on any atom is -0.312 e. The maximum Gasteiger partial charge on any atom is 0.264 e. The van der Waals surface area contributed by atoms with Gasteiger partial charge in [0.25, 0.3) is 10.0 Å². The lowest BCUT2D eigenvalue weighted by Gasteiger charge is -2.18. The van der Waals surface area contributed by atoms with Crippen LogP contribution in [0.3, 0.4) is 0 Å². The summed E-state index contributed by atoms with van der Waals surface area (Å²) in [6.07, 6.45) is 2.65. The number of sulfonamides is 1. The van der Waals surface area contributed by atoms with Crippen molar-refractivity contribution < 1.29 is 8.42 Å². The first kappa shape index (κ1) is 18.6. The molecule has 2 heterocycles. The van der Waals surface area contributed by atoms with E-state index < -0.39 is 10.0 Å². The summed E-state index contributed by atoms with van der Waals surface area (Å²) < 4.78 is 28.5. The van der Waals surface area contributed by atoms with Gasteiger partial charge in [-0.2, -0.15) is 0 Å². The summed E-state index contributed by atoms with van der Waals surface area (Å²) in [5.74, 6) is 0. The first-order valence-electron chi connectivity index (χ1n) is 8.24. The maximum atomic E-state index is 12.9. The van der Waals surface area contributed by atoms with Crippen LogP contribution in [0.4, 0.5) is 5.69 Å². The molecule has 1 aliphatic heterocycles. The number of rotatable bonds is 3. The Bertz CT molecular complexity index is 1070. The fraction of sp³-hybridized carbons (Fsp3) is 0.211. The molecule has 0 saturated carbocycles. The third-order valence-corrected chi connectivity index (χ3v) is 5.86. The molecule has 0 radical (unpaired) electrons. The number of hydrogen-bond acceptors (Lipinski definition) is 4. The highest BCUT2D eigenvalue weighted by Crippen LogP contribution is 2.25. The van der Waals surface area contributed by atoms with Crippen LogP contribution < -0.4 is 10.0 Å². The quantitative estimate of drug-likeness (QED) is 0.720. The number of pyridine rings is 1. The smallest absolute Gasteiger partial charge is 0.264 e. The van der Waals surface area contributed by atoms with Crippen LogP contribution in [0.25, 0.3) is 10.9 Å². The molecule has 1 aliphatic rings. The second-order valence-electron chi connectivity index (χ2n) is 6.36. The van der Waals surface area contributed by atoms with Gasteiger partial charge in [-0.3, -0.25) is 9.71 Å². The Morgan fingerprint density at radius 3 is 2.81 bits per heavy atom. The highest BCUT2D eigenvalue weighted by molar-refractivity contribution is 7.93. The standard InChI is InChI=1S/C19H19N3O2S.ClH/c1-13-9-15-3-2-4-18(19(15)21-11-13)25(23,24)22-17-6-5-14-7-8-20-12-16(14)10-17;/h2-6,9-11,20,22H,7-8,12H2,1H3;1H. The Labute approximate surface area is 159 Å². The van der Waals surface area contributed by atoms with Crippen molar-refractivity contribution in [1.82, 2.24) is 10.3 Å². The summed E-state index contributed by atoms with van der Waals surface area (Å²) >= 11 is 0. The molecule has 2 aromatic carbocycles. The monoisotopic (exact) mass is 389 g/mol. The van der Waals surface area contributed by atoms with E-state index in [0.29, 0.717) is 11.2 Å². The number of anilines is 1. The van der Waals surface area contributed by atoms with Crippen molar-refractivity contribution >= 4 is 39.0 Å². The van der Waals surface area contributed by atoms with Crippen LogP contribution in [0.1, 0.15) is 16.7 Å². The molecular weight excluding hydrogens is 370 g/mol. The van der Waals surface area contributed by atoms with E-state index in [1.54, 1.807) is 18.3 Å². The Morgan fingerprint density at radius 1 is 1.12 bits per heavy atom. The van der Waals surface area contributed by atoms with Crippen LogP contribution in [0.15, 0.2) is 53.6 Å². The summed E-state index contributed by atoms with van der Waals surface area (Å²) in [6, 6.07) is 12.9. The molecule has 0 atom stereocenters. The molecule has 0 spiro atoms. The number of para-hydroxylation sites is 1. The molecule has 0 unspecified atom stereocenters. The van der Waals surface area contributed by atoms with Gasteiger partial charge >= 0.3 is 0 Å². The summed E-state index contributed by atoms with van der Waals surface area (Å²) in [4.78, 5) is 4.52. The van der Waals surface area contributed by atoms with Crippen molar-refractivity contribution in [2.75, 3.05) is 11.3 Å². The van der Waals surface area contributed by atoms with E-state index in [9.17, 15) is 8.42 Å². The lowest BCUT2D eigenvalue weighted by Crippen LogP contribution is -2.23. The second-order valence-corrected chi connectivity index (χ2v) is 8.01. The third-order valence-electron chi connectivity index (χ3n) is 4.45. The zero-order chi connectivity index (χ0) is 17.4. The first-order chi connectivity index (χ1) is 12.0. The van der Waals surface area contributed by atoms with Gasteiger partial charge in [0.05, 0.1) is 5.52 Å². The first-order valence-corrected chi connectivity index (χ1v) is 9.72. The van der Waals surface area contributed by atoms with Crippen LogP contribution in [0.2, 0.25) is 0 Å². The number of fused-ring (bicyclic) bond motifs is 2. The summed E-state index contributed by atoms with van der Waals surface area (Å²) in [6.45, 7) is 3.66. The van der Waals surface area contributed by atoms with Gasteiger partial charge in [0.1, 0.15) is 4.90 Å². The van der Waals surface area contributed by atoms with E-state index in [1.165, 1.54) is 5.56 Å². The molecule has 2 N–H and O–H groups in total. The number of nitrogens with zero attached hydrogens (tertiary/aromatic N) is 1. The highest BCUT2D eigenvalue weighted by Gasteiger charge is 2.19. The minimum atomic E-state index is -3.71. The van der Waals surface area contributed by atoms with Crippen molar-refractivity contribution in [3.8, 4) is 0 Å². The molecule has 7 heteroatoms. The molecule has 0 saturated heterocycles.